The molecule has 4 aromatic rings. The molecule has 1 unspecified atom stereocenters. The average Bonchev–Trinajstić information content (AvgIpc) is 3.38. The molecule has 0 fully saturated rings. The van der Waals surface area contributed by atoms with Crippen molar-refractivity contribution in [3.8, 4) is 28.5 Å². The number of benzene rings is 2. The van der Waals surface area contributed by atoms with Crippen LogP contribution < -0.4 is 0 Å². The maximum Gasteiger partial charge on any atom is 0.268 e. The van der Waals surface area contributed by atoms with Crippen LogP contribution in [0.3, 0.4) is 0 Å². The zero-order valence-corrected chi connectivity index (χ0v) is 19.6. The molecule has 0 radical (unpaired) electrons. The third-order valence-corrected chi connectivity index (χ3v) is 6.06. The normalized spacial score (nSPS) is 12.3. The summed E-state index contributed by atoms with van der Waals surface area (Å²) in [7, 11) is 0. The summed E-state index contributed by atoms with van der Waals surface area (Å²) in [4.78, 5) is 0. The van der Waals surface area contributed by atoms with Gasteiger partial charge in [0.1, 0.15) is 0 Å². The Hall–Kier alpha value is -2.34. The fourth-order valence-corrected chi connectivity index (χ4v) is 4.01. The molecule has 31 heavy (non-hydrogen) atoms. The lowest BCUT2D eigenvalue weighted by atomic mass is 10.0. The number of hydrogen-bond donors (Lipinski definition) is 0. The van der Waals surface area contributed by atoms with Gasteiger partial charge < -0.3 is 4.42 Å². The standard InChI is InChI=1S/C23H21Cl3N4O/c1-4-13(3)22-27-28-23(31-22)20-17(5-2)21(14-6-8-15(24)9-7-14)30(29-20)19-11-10-16(25)12-18(19)26/h6-13H,4-5H2,1-3H3. The molecule has 0 aliphatic heterocycles. The monoisotopic (exact) mass is 474 g/mol. The van der Waals surface area contributed by atoms with Crippen molar-refractivity contribution in [2.45, 2.75) is 39.5 Å². The Balaban J connectivity index is 1.97. The molecule has 0 saturated carbocycles. The van der Waals surface area contributed by atoms with E-state index in [0.29, 0.717) is 44.7 Å². The van der Waals surface area contributed by atoms with Gasteiger partial charge >= 0.3 is 0 Å². The lowest BCUT2D eigenvalue weighted by Gasteiger charge is -2.11. The molecule has 2 aromatic carbocycles. The summed E-state index contributed by atoms with van der Waals surface area (Å²) in [6, 6.07) is 13.0. The molecule has 0 bridgehead atoms. The molecule has 0 aliphatic rings. The molecule has 2 heterocycles. The summed E-state index contributed by atoms with van der Waals surface area (Å²) in [5.41, 5.74) is 4.17. The Bertz CT molecular complexity index is 1210. The van der Waals surface area contributed by atoms with Crippen LogP contribution in [0.15, 0.2) is 46.9 Å². The highest BCUT2D eigenvalue weighted by molar-refractivity contribution is 6.35. The molecule has 0 N–H and O–H groups in total. The van der Waals surface area contributed by atoms with E-state index in [0.717, 1.165) is 23.2 Å². The Morgan fingerprint density at radius 2 is 1.68 bits per heavy atom. The predicted molar refractivity (Wildman–Crippen MR) is 125 cm³/mol. The van der Waals surface area contributed by atoms with Crippen molar-refractivity contribution in [3.05, 3.63) is 69.0 Å². The molecule has 5 nitrogen and oxygen atoms in total. The van der Waals surface area contributed by atoms with Crippen LogP contribution in [0, 0.1) is 0 Å². The summed E-state index contributed by atoms with van der Waals surface area (Å²) in [6.45, 7) is 6.21. The Kier molecular flexibility index (Phi) is 6.37. The summed E-state index contributed by atoms with van der Waals surface area (Å²) >= 11 is 18.8. The molecule has 0 saturated heterocycles. The van der Waals surface area contributed by atoms with E-state index in [2.05, 4.69) is 31.0 Å². The quantitative estimate of drug-likeness (QED) is 0.288. The number of aromatic nitrogens is 4. The molecule has 8 heteroatoms. The van der Waals surface area contributed by atoms with Crippen LogP contribution in [0.1, 0.15) is 44.6 Å². The molecule has 1 atom stereocenters. The van der Waals surface area contributed by atoms with E-state index in [1.807, 2.05) is 35.0 Å². The number of halogens is 3. The van der Waals surface area contributed by atoms with Gasteiger partial charge in [0.25, 0.3) is 5.89 Å². The van der Waals surface area contributed by atoms with Crippen molar-refractivity contribution in [2.75, 3.05) is 0 Å². The third-order valence-electron chi connectivity index (χ3n) is 5.27. The van der Waals surface area contributed by atoms with Crippen LogP contribution in [0.4, 0.5) is 0 Å². The minimum absolute atomic E-state index is 0.176. The SMILES string of the molecule is CCc1c(-c2nnc(C(C)CC)o2)nn(-c2ccc(Cl)cc2Cl)c1-c1ccc(Cl)cc1. The third kappa shape index (κ3) is 4.22. The van der Waals surface area contributed by atoms with Gasteiger partial charge in [0.15, 0.2) is 5.69 Å². The van der Waals surface area contributed by atoms with Crippen LogP contribution in [0.25, 0.3) is 28.5 Å². The predicted octanol–water partition coefficient (Wildman–Crippen LogP) is 7.63. The van der Waals surface area contributed by atoms with Gasteiger partial charge in [-0.05, 0) is 43.2 Å². The molecular formula is C23H21Cl3N4O. The van der Waals surface area contributed by atoms with Crippen LogP contribution >= 0.6 is 34.8 Å². The maximum atomic E-state index is 6.55. The minimum Gasteiger partial charge on any atom is -0.419 e. The average molecular weight is 476 g/mol. The van der Waals surface area contributed by atoms with E-state index in [4.69, 9.17) is 44.3 Å². The highest BCUT2D eigenvalue weighted by Crippen LogP contribution is 2.37. The maximum absolute atomic E-state index is 6.55. The van der Waals surface area contributed by atoms with Gasteiger partial charge in [-0.2, -0.15) is 5.10 Å². The molecular weight excluding hydrogens is 455 g/mol. The largest absolute Gasteiger partial charge is 0.419 e. The van der Waals surface area contributed by atoms with Crippen LogP contribution in [-0.4, -0.2) is 20.0 Å². The van der Waals surface area contributed by atoms with E-state index in [9.17, 15) is 0 Å². The Morgan fingerprint density at radius 1 is 0.968 bits per heavy atom. The lowest BCUT2D eigenvalue weighted by molar-refractivity contribution is 0.460. The van der Waals surface area contributed by atoms with Gasteiger partial charge in [-0.1, -0.05) is 67.7 Å². The zero-order valence-electron chi connectivity index (χ0n) is 17.4. The van der Waals surface area contributed by atoms with Gasteiger partial charge in [-0.25, -0.2) is 4.68 Å². The van der Waals surface area contributed by atoms with Gasteiger partial charge in [-0.3, -0.25) is 0 Å². The first kappa shape index (κ1) is 21.9. The molecule has 0 spiro atoms. The fraction of sp³-hybridized carbons (Fsp3) is 0.261. The first-order chi connectivity index (χ1) is 14.9. The fourth-order valence-electron chi connectivity index (χ4n) is 3.39. The second-order valence-electron chi connectivity index (χ2n) is 7.30. The second kappa shape index (κ2) is 9.03. The first-order valence-corrected chi connectivity index (χ1v) is 11.2. The number of nitrogens with zero attached hydrogens (tertiary/aromatic N) is 4. The summed E-state index contributed by atoms with van der Waals surface area (Å²) in [5, 5.41) is 15.1. The first-order valence-electron chi connectivity index (χ1n) is 10.1. The molecule has 160 valence electrons. The smallest absolute Gasteiger partial charge is 0.268 e. The molecule has 2 aromatic heterocycles. The van der Waals surface area contributed by atoms with Crippen molar-refractivity contribution in [1.29, 1.82) is 0 Å². The van der Waals surface area contributed by atoms with Crippen molar-refractivity contribution in [3.63, 3.8) is 0 Å². The van der Waals surface area contributed by atoms with Crippen molar-refractivity contribution in [2.24, 2.45) is 0 Å². The molecule has 0 amide bonds. The van der Waals surface area contributed by atoms with E-state index < -0.39 is 0 Å². The topological polar surface area (TPSA) is 56.7 Å². The van der Waals surface area contributed by atoms with E-state index in [-0.39, 0.29) is 5.92 Å². The second-order valence-corrected chi connectivity index (χ2v) is 8.58. The highest BCUT2D eigenvalue weighted by atomic mass is 35.5. The van der Waals surface area contributed by atoms with E-state index >= 15 is 0 Å². The van der Waals surface area contributed by atoms with Crippen LogP contribution in [-0.2, 0) is 6.42 Å². The van der Waals surface area contributed by atoms with Gasteiger partial charge in [-0.15, -0.1) is 10.2 Å². The van der Waals surface area contributed by atoms with Crippen molar-refractivity contribution < 1.29 is 4.42 Å². The Morgan fingerprint density at radius 3 is 2.32 bits per heavy atom. The summed E-state index contributed by atoms with van der Waals surface area (Å²) in [6.07, 6.45) is 1.62. The minimum atomic E-state index is 0.176. The van der Waals surface area contributed by atoms with Crippen molar-refractivity contribution in [1.82, 2.24) is 20.0 Å². The Labute approximate surface area is 196 Å². The van der Waals surface area contributed by atoms with Gasteiger partial charge in [0.05, 0.1) is 16.4 Å². The number of hydrogen-bond acceptors (Lipinski definition) is 4. The summed E-state index contributed by atoms with van der Waals surface area (Å²) in [5.74, 6) is 1.17. The van der Waals surface area contributed by atoms with Crippen LogP contribution in [0.5, 0.6) is 0 Å². The number of rotatable bonds is 6. The summed E-state index contributed by atoms with van der Waals surface area (Å²) < 4.78 is 7.81. The van der Waals surface area contributed by atoms with Crippen LogP contribution in [0.2, 0.25) is 15.1 Å². The highest BCUT2D eigenvalue weighted by Gasteiger charge is 2.25. The lowest BCUT2D eigenvalue weighted by Crippen LogP contribution is -2.01. The van der Waals surface area contributed by atoms with Gasteiger partial charge in [0.2, 0.25) is 5.89 Å². The zero-order chi connectivity index (χ0) is 22.1. The van der Waals surface area contributed by atoms with E-state index in [1.54, 1.807) is 12.1 Å². The van der Waals surface area contributed by atoms with Crippen molar-refractivity contribution >= 4 is 34.8 Å². The van der Waals surface area contributed by atoms with Gasteiger partial charge in [0, 0.05) is 27.1 Å². The van der Waals surface area contributed by atoms with E-state index in [1.165, 1.54) is 0 Å². The molecule has 0 aliphatic carbocycles. The molecule has 4 rings (SSSR count).